The second kappa shape index (κ2) is 10.0. The quantitative estimate of drug-likeness (QED) is 0.229. The topological polar surface area (TPSA) is 62.6 Å². The molecule has 0 spiro atoms. The highest BCUT2D eigenvalue weighted by Crippen LogP contribution is 2.27. The van der Waals surface area contributed by atoms with Crippen molar-refractivity contribution in [3.63, 3.8) is 0 Å². The van der Waals surface area contributed by atoms with E-state index in [2.05, 4.69) is 17.2 Å². The van der Waals surface area contributed by atoms with Crippen LogP contribution in [0.4, 0.5) is 0 Å². The zero-order chi connectivity index (χ0) is 21.5. The van der Waals surface area contributed by atoms with Gasteiger partial charge in [0.2, 0.25) is 5.88 Å². The summed E-state index contributed by atoms with van der Waals surface area (Å²) >= 11 is 1.70. The van der Waals surface area contributed by atoms with Crippen LogP contribution < -0.4 is 4.74 Å². The molecule has 0 aliphatic heterocycles. The molecule has 0 bridgehead atoms. The number of ether oxygens (including phenoxy) is 3. The largest absolute Gasteiger partial charge is 0.503 e. The summed E-state index contributed by atoms with van der Waals surface area (Å²) in [5, 5.41) is 4.56. The van der Waals surface area contributed by atoms with E-state index in [1.54, 1.807) is 16.4 Å². The Bertz CT molecular complexity index is 1040. The maximum Gasteiger partial charge on any atom is 0.341 e. The number of nitrogens with zero attached hydrogens (tertiary/aromatic N) is 2. The van der Waals surface area contributed by atoms with Crippen molar-refractivity contribution in [2.45, 2.75) is 11.5 Å². The van der Waals surface area contributed by atoms with E-state index < -0.39 is 5.97 Å². The average molecular weight is 425 g/mol. The van der Waals surface area contributed by atoms with E-state index in [0.29, 0.717) is 17.0 Å². The van der Waals surface area contributed by atoms with Crippen LogP contribution in [0, 0.1) is 0 Å². The third kappa shape index (κ3) is 4.86. The monoisotopic (exact) mass is 424 g/mol. The molecule has 0 saturated carbocycles. The number of aromatic nitrogens is 2. The van der Waals surface area contributed by atoms with Crippen molar-refractivity contribution in [3.05, 3.63) is 72.0 Å². The number of thioether (sulfide) groups is 1. The van der Waals surface area contributed by atoms with Crippen molar-refractivity contribution in [1.82, 2.24) is 9.78 Å². The number of aryl methyl sites for hydroxylation is 1. The summed E-state index contributed by atoms with van der Waals surface area (Å²) in [6.07, 6.45) is 3.43. The molecule has 0 saturated heterocycles. The van der Waals surface area contributed by atoms with Crippen LogP contribution in [0.25, 0.3) is 16.8 Å². The van der Waals surface area contributed by atoms with Gasteiger partial charge in [-0.3, -0.25) is 0 Å². The normalized spacial score (nSPS) is 11.3. The van der Waals surface area contributed by atoms with Gasteiger partial charge < -0.3 is 14.2 Å². The van der Waals surface area contributed by atoms with Crippen molar-refractivity contribution in [2.75, 3.05) is 20.5 Å². The Morgan fingerprint density at radius 3 is 2.53 bits per heavy atom. The minimum absolute atomic E-state index is 0.263. The maximum absolute atomic E-state index is 12.2. The van der Waals surface area contributed by atoms with Crippen molar-refractivity contribution in [1.29, 1.82) is 0 Å². The molecule has 30 heavy (non-hydrogen) atoms. The Hall–Kier alpha value is -3.19. The number of carbonyl (C=O) groups excluding carboxylic acids is 1. The second-order valence-electron chi connectivity index (χ2n) is 6.42. The Kier molecular flexibility index (Phi) is 7.19. The second-order valence-corrected chi connectivity index (χ2v) is 7.30. The van der Waals surface area contributed by atoms with E-state index in [9.17, 15) is 4.79 Å². The number of methoxy groups -OCH3 is 2. The van der Waals surface area contributed by atoms with E-state index >= 15 is 0 Å². The maximum atomic E-state index is 12.2. The molecule has 1 aromatic heterocycles. The lowest BCUT2D eigenvalue weighted by molar-refractivity contribution is -0.133. The molecule has 0 aliphatic carbocycles. The van der Waals surface area contributed by atoms with Crippen LogP contribution in [-0.2, 0) is 27.9 Å². The molecule has 3 rings (SSSR count). The summed E-state index contributed by atoms with van der Waals surface area (Å²) in [5.74, 6) is 0.157. The highest BCUT2D eigenvalue weighted by Gasteiger charge is 2.17. The van der Waals surface area contributed by atoms with Gasteiger partial charge in [0, 0.05) is 23.6 Å². The fraction of sp³-hybridized carbons (Fsp3) is 0.217. The molecule has 156 valence electrons. The predicted octanol–water partition coefficient (Wildman–Crippen LogP) is 4.55. The first-order valence-corrected chi connectivity index (χ1v) is 10.5. The minimum Gasteiger partial charge on any atom is -0.503 e. The van der Waals surface area contributed by atoms with E-state index in [4.69, 9.17) is 14.2 Å². The average Bonchev–Trinajstić information content (AvgIpc) is 3.16. The summed E-state index contributed by atoms with van der Waals surface area (Å²) in [7, 11) is 4.67. The van der Waals surface area contributed by atoms with Crippen LogP contribution >= 0.6 is 11.8 Å². The van der Waals surface area contributed by atoms with Gasteiger partial charge in [-0.15, -0.1) is 11.8 Å². The lowest BCUT2D eigenvalue weighted by atomic mass is 10.0. The first-order chi connectivity index (χ1) is 14.6. The fourth-order valence-electron chi connectivity index (χ4n) is 3.00. The molecule has 0 N–H and O–H groups in total. The van der Waals surface area contributed by atoms with Gasteiger partial charge in [0.05, 0.1) is 26.2 Å². The number of hydrogen-bond donors (Lipinski definition) is 0. The van der Waals surface area contributed by atoms with Gasteiger partial charge in [-0.05, 0) is 29.5 Å². The standard InChI is InChI=1S/C23H24N2O4S/c1-25-22(13-21(24-25)16-9-11-18(30-4)12-10-16)29-14-17-7-5-6-8-19(17)20(15-27-2)23(26)28-3/h5-13,15H,14H2,1-4H3/b20-15+. The minimum atomic E-state index is -0.471. The molecule has 0 fully saturated rings. The molecular weight excluding hydrogens is 400 g/mol. The summed E-state index contributed by atoms with van der Waals surface area (Å²) in [4.78, 5) is 13.4. The van der Waals surface area contributed by atoms with Gasteiger partial charge in [0.1, 0.15) is 12.2 Å². The van der Waals surface area contributed by atoms with E-state index in [1.165, 1.54) is 25.4 Å². The summed E-state index contributed by atoms with van der Waals surface area (Å²) < 4.78 is 17.7. The zero-order valence-electron chi connectivity index (χ0n) is 17.4. The summed E-state index contributed by atoms with van der Waals surface area (Å²) in [5.41, 5.74) is 3.72. The molecular formula is C23H24N2O4S. The Labute approximate surface area is 180 Å². The molecule has 6 nitrogen and oxygen atoms in total. The van der Waals surface area contributed by atoms with Crippen molar-refractivity contribution >= 4 is 23.3 Å². The fourth-order valence-corrected chi connectivity index (χ4v) is 3.41. The number of benzene rings is 2. The van der Waals surface area contributed by atoms with Crippen molar-refractivity contribution in [3.8, 4) is 17.1 Å². The number of esters is 1. The van der Waals surface area contributed by atoms with Gasteiger partial charge >= 0.3 is 5.97 Å². The van der Waals surface area contributed by atoms with E-state index in [-0.39, 0.29) is 6.61 Å². The molecule has 0 aliphatic rings. The van der Waals surface area contributed by atoms with Crippen molar-refractivity contribution in [2.24, 2.45) is 7.05 Å². The smallest absolute Gasteiger partial charge is 0.341 e. The molecule has 7 heteroatoms. The van der Waals surface area contributed by atoms with E-state index in [0.717, 1.165) is 16.8 Å². The first-order valence-electron chi connectivity index (χ1n) is 9.28. The highest BCUT2D eigenvalue weighted by molar-refractivity contribution is 7.98. The van der Waals surface area contributed by atoms with Gasteiger partial charge in [-0.1, -0.05) is 36.4 Å². The molecule has 3 aromatic rings. The van der Waals surface area contributed by atoms with Crippen LogP contribution in [0.15, 0.2) is 65.8 Å². The summed E-state index contributed by atoms with van der Waals surface area (Å²) in [6.45, 7) is 0.263. The molecule has 0 atom stereocenters. The van der Waals surface area contributed by atoms with Crippen LogP contribution in [0.1, 0.15) is 11.1 Å². The molecule has 2 aromatic carbocycles. The molecule has 1 heterocycles. The molecule has 0 radical (unpaired) electrons. The van der Waals surface area contributed by atoms with Gasteiger partial charge in [-0.25, -0.2) is 9.48 Å². The summed E-state index contributed by atoms with van der Waals surface area (Å²) in [6, 6.07) is 17.6. The zero-order valence-corrected chi connectivity index (χ0v) is 18.2. The lowest BCUT2D eigenvalue weighted by Gasteiger charge is -2.12. The van der Waals surface area contributed by atoms with E-state index in [1.807, 2.05) is 55.8 Å². The number of rotatable bonds is 8. The van der Waals surface area contributed by atoms with Gasteiger partial charge in [-0.2, -0.15) is 5.10 Å². The first kappa shape index (κ1) is 21.5. The molecule has 0 amide bonds. The van der Waals surface area contributed by atoms with Gasteiger partial charge in [0.25, 0.3) is 0 Å². The highest BCUT2D eigenvalue weighted by atomic mass is 32.2. The third-order valence-corrected chi connectivity index (χ3v) is 5.29. The Morgan fingerprint density at radius 1 is 1.13 bits per heavy atom. The SMILES string of the molecule is CO/C=C(/C(=O)OC)c1ccccc1COc1cc(-c2ccc(SC)cc2)nn1C. The Balaban J connectivity index is 1.82. The number of carbonyl (C=O) groups is 1. The van der Waals surface area contributed by atoms with Crippen molar-refractivity contribution < 1.29 is 19.0 Å². The van der Waals surface area contributed by atoms with Crippen LogP contribution in [-0.4, -0.2) is 36.2 Å². The molecule has 0 unspecified atom stereocenters. The third-order valence-electron chi connectivity index (χ3n) is 4.55. The number of hydrogen-bond acceptors (Lipinski definition) is 6. The lowest BCUT2D eigenvalue weighted by Crippen LogP contribution is -2.09. The van der Waals surface area contributed by atoms with Crippen LogP contribution in [0.2, 0.25) is 0 Å². The van der Waals surface area contributed by atoms with Crippen LogP contribution in [0.3, 0.4) is 0 Å². The van der Waals surface area contributed by atoms with Gasteiger partial charge in [0.15, 0.2) is 0 Å². The predicted molar refractivity (Wildman–Crippen MR) is 118 cm³/mol. The van der Waals surface area contributed by atoms with Crippen LogP contribution in [0.5, 0.6) is 5.88 Å². The Morgan fingerprint density at radius 2 is 1.87 bits per heavy atom.